The van der Waals surface area contributed by atoms with Crippen molar-refractivity contribution in [3.63, 3.8) is 0 Å². The molecule has 14 nitrogen and oxygen atoms in total. The number of β-lactam (4-membered cyclic amide) rings is 1. The van der Waals surface area contributed by atoms with Gasteiger partial charge in [-0.3, -0.25) is 19.5 Å². The second-order valence-electron chi connectivity index (χ2n) is 7.87. The molecule has 1 fully saturated rings. The van der Waals surface area contributed by atoms with Crippen LogP contribution in [0.15, 0.2) is 53.5 Å². The number of pyridine rings is 1. The maximum absolute atomic E-state index is 13.0. The van der Waals surface area contributed by atoms with Gasteiger partial charge in [-0.1, -0.05) is 5.16 Å². The van der Waals surface area contributed by atoms with Crippen LogP contribution in [0.1, 0.15) is 5.82 Å². The van der Waals surface area contributed by atoms with E-state index >= 15 is 0 Å². The van der Waals surface area contributed by atoms with Crippen molar-refractivity contribution >= 4 is 81.5 Å². The third-order valence-electron chi connectivity index (χ3n) is 5.55. The zero-order valence-corrected chi connectivity index (χ0v) is 23.8. The van der Waals surface area contributed by atoms with Gasteiger partial charge >= 0.3 is 5.97 Å². The summed E-state index contributed by atoms with van der Waals surface area (Å²) in [6, 6.07) is 2.71. The van der Waals surface area contributed by atoms with Crippen LogP contribution >= 0.6 is 23.3 Å². The van der Waals surface area contributed by atoms with E-state index in [0.717, 1.165) is 17.1 Å². The van der Waals surface area contributed by atoms with Crippen molar-refractivity contribution in [2.24, 2.45) is 5.16 Å². The Morgan fingerprint density at radius 1 is 1.39 bits per heavy atom. The fraction of sp³-hybridized carbons (Fsp3) is 0.238. The number of thioether (sulfide) groups is 1. The van der Waals surface area contributed by atoms with Crippen LogP contribution in [0, 0.1) is 0 Å². The average Bonchev–Trinajstić information content (AvgIpc) is 3.54. The standard InChI is InChI=1S/C21H19N9O5S2.Na/c1-35-27-13(16-26-21(22)37-28-16)17(31)25-14-18(32)30-15(20(33)34)11(8-36-19(14)30)6-29-7-12(24-9-29)10-3-2-4-23-5-10;/h2-5,7,9,14,19H,6,8H2,1H3,(H,25,31)(H,33,34)(H2,22,26,28);/b27-13-;/t14-,19?;/m1./s1. The molecule has 5 rings (SSSR count). The molecule has 0 spiro atoms. The summed E-state index contributed by atoms with van der Waals surface area (Å²) in [5.74, 6) is -2.22. The molecule has 2 aliphatic rings. The molecule has 0 aromatic carbocycles. The maximum Gasteiger partial charge on any atom is 0.352 e. The molecule has 1 unspecified atom stereocenters. The predicted molar refractivity (Wildman–Crippen MR) is 139 cm³/mol. The van der Waals surface area contributed by atoms with Gasteiger partial charge in [0.05, 0.1) is 12.0 Å². The zero-order chi connectivity index (χ0) is 26.1. The number of imidazole rings is 1. The first kappa shape index (κ1) is 27.7. The van der Waals surface area contributed by atoms with Crippen LogP contribution in [0.4, 0.5) is 5.13 Å². The molecule has 0 saturated carbocycles. The normalized spacial score (nSPS) is 18.8. The molecule has 17 heteroatoms. The molecule has 4 N–H and O–H groups in total. The summed E-state index contributed by atoms with van der Waals surface area (Å²) in [4.78, 5) is 56.3. The molecule has 38 heavy (non-hydrogen) atoms. The smallest absolute Gasteiger partial charge is 0.352 e. The van der Waals surface area contributed by atoms with E-state index in [-0.39, 0.29) is 58.5 Å². The first-order chi connectivity index (χ1) is 17.9. The van der Waals surface area contributed by atoms with E-state index in [1.54, 1.807) is 35.6 Å². The molecule has 3 aromatic rings. The molecule has 1 saturated heterocycles. The Kier molecular flexibility index (Phi) is 8.47. The number of nitrogen functional groups attached to an aromatic ring is 1. The van der Waals surface area contributed by atoms with Crippen LogP contribution < -0.4 is 11.1 Å². The molecular weight excluding hydrogens is 545 g/mol. The Bertz CT molecular complexity index is 1440. The molecule has 0 aliphatic carbocycles. The van der Waals surface area contributed by atoms with E-state index in [2.05, 4.69) is 29.8 Å². The fourth-order valence-electron chi connectivity index (χ4n) is 3.95. The number of nitrogens with zero attached hydrogens (tertiary/aromatic N) is 7. The van der Waals surface area contributed by atoms with Crippen molar-refractivity contribution < 1.29 is 24.3 Å². The molecule has 5 heterocycles. The number of anilines is 1. The fourth-order valence-corrected chi connectivity index (χ4v) is 5.72. The van der Waals surface area contributed by atoms with Gasteiger partial charge in [-0.2, -0.15) is 9.36 Å². The van der Waals surface area contributed by atoms with Crippen molar-refractivity contribution in [1.82, 2.24) is 34.1 Å². The van der Waals surface area contributed by atoms with Crippen molar-refractivity contribution in [3.05, 3.63) is 54.1 Å². The minimum Gasteiger partial charge on any atom is -0.477 e. The number of hydrogen-bond acceptors (Lipinski definition) is 12. The summed E-state index contributed by atoms with van der Waals surface area (Å²) in [6.07, 6.45) is 6.74. The number of fused-ring (bicyclic) bond motifs is 1. The maximum atomic E-state index is 13.0. The van der Waals surface area contributed by atoms with Gasteiger partial charge in [-0.15, -0.1) is 11.8 Å². The van der Waals surface area contributed by atoms with E-state index in [9.17, 15) is 19.5 Å². The summed E-state index contributed by atoms with van der Waals surface area (Å²) in [5, 5.41) is 15.7. The van der Waals surface area contributed by atoms with E-state index in [0.29, 0.717) is 17.0 Å². The van der Waals surface area contributed by atoms with Crippen LogP contribution in [-0.4, -0.2) is 111 Å². The molecule has 2 atom stereocenters. The second kappa shape index (κ2) is 11.6. The molecule has 191 valence electrons. The number of carboxylic acid groups (broad SMARTS) is 1. The number of aliphatic carboxylic acids is 1. The largest absolute Gasteiger partial charge is 0.477 e. The van der Waals surface area contributed by atoms with Gasteiger partial charge in [-0.25, -0.2) is 9.78 Å². The van der Waals surface area contributed by atoms with Crippen molar-refractivity contribution in [2.75, 3.05) is 18.6 Å². The summed E-state index contributed by atoms with van der Waals surface area (Å²) in [7, 11) is 1.25. The van der Waals surface area contributed by atoms with E-state index in [1.807, 2.05) is 6.07 Å². The minimum atomic E-state index is -1.23. The Morgan fingerprint density at radius 2 is 2.21 bits per heavy atom. The number of oxime groups is 1. The second-order valence-corrected chi connectivity index (χ2v) is 9.76. The number of hydrogen-bond donors (Lipinski definition) is 3. The number of aromatic nitrogens is 5. The SMILES string of the molecule is CO/N=C(\C(=O)N[C@@H]1C(=O)N2C(C(=O)O)=C(Cn3cnc(-c4cccnc4)c3)CSC12)c1nsc(N)n1.[Na]. The minimum absolute atomic E-state index is 0. The van der Waals surface area contributed by atoms with Crippen molar-refractivity contribution in [3.8, 4) is 11.3 Å². The van der Waals surface area contributed by atoms with Gasteiger partial charge in [-0.05, 0) is 17.7 Å². The number of rotatable bonds is 8. The van der Waals surface area contributed by atoms with E-state index in [1.165, 1.54) is 23.8 Å². The topological polar surface area (TPSA) is 191 Å². The summed E-state index contributed by atoms with van der Waals surface area (Å²) >= 11 is 2.23. The van der Waals surface area contributed by atoms with Gasteiger partial charge in [0.25, 0.3) is 11.8 Å². The summed E-state index contributed by atoms with van der Waals surface area (Å²) in [5.41, 5.74) is 7.31. The molecular formula is C21H19N9NaO5S2. The third-order valence-corrected chi connectivity index (χ3v) is 7.43. The van der Waals surface area contributed by atoms with Crippen LogP contribution in [0.5, 0.6) is 0 Å². The Hall–Kier alpha value is -3.31. The van der Waals surface area contributed by atoms with Crippen molar-refractivity contribution in [1.29, 1.82) is 0 Å². The Balaban J connectivity index is 0.00000336. The quantitative estimate of drug-likeness (QED) is 0.142. The average molecular weight is 565 g/mol. The number of carbonyl (C=O) groups excluding carboxylic acids is 2. The summed E-state index contributed by atoms with van der Waals surface area (Å²) in [6.45, 7) is 0.233. The Labute approximate surface area is 245 Å². The van der Waals surface area contributed by atoms with Crippen LogP contribution in [0.25, 0.3) is 11.3 Å². The predicted octanol–water partition coefficient (Wildman–Crippen LogP) is -0.213. The first-order valence-electron chi connectivity index (χ1n) is 10.7. The number of carboxylic acids is 1. The Morgan fingerprint density at radius 3 is 2.87 bits per heavy atom. The van der Waals surface area contributed by atoms with Crippen LogP contribution in [-0.2, 0) is 25.8 Å². The number of nitrogens with one attached hydrogen (secondary N) is 1. The van der Waals surface area contributed by atoms with Crippen molar-refractivity contribution in [2.45, 2.75) is 18.0 Å². The summed E-state index contributed by atoms with van der Waals surface area (Å²) < 4.78 is 5.71. The molecule has 1 radical (unpaired) electrons. The third kappa shape index (κ3) is 5.30. The number of nitrogens with two attached hydrogens (primary N) is 1. The van der Waals surface area contributed by atoms with Gasteiger partial charge in [0.15, 0.2) is 5.13 Å². The number of amides is 2. The van der Waals surface area contributed by atoms with E-state index < -0.39 is 29.2 Å². The van der Waals surface area contributed by atoms with Crippen LogP contribution in [0.3, 0.4) is 0 Å². The van der Waals surface area contributed by atoms with Gasteiger partial charge < -0.3 is 25.6 Å². The zero-order valence-electron chi connectivity index (χ0n) is 20.1. The van der Waals surface area contributed by atoms with Gasteiger partial charge in [0.2, 0.25) is 11.5 Å². The van der Waals surface area contributed by atoms with Crippen LogP contribution in [0.2, 0.25) is 0 Å². The molecule has 0 bridgehead atoms. The van der Waals surface area contributed by atoms with Gasteiger partial charge in [0, 0.05) is 77.5 Å². The monoisotopic (exact) mass is 564 g/mol. The van der Waals surface area contributed by atoms with Gasteiger partial charge in [0.1, 0.15) is 24.2 Å². The molecule has 2 amide bonds. The number of carbonyl (C=O) groups is 3. The first-order valence-corrected chi connectivity index (χ1v) is 12.5. The molecule has 3 aromatic heterocycles. The van der Waals surface area contributed by atoms with E-state index in [4.69, 9.17) is 10.6 Å². The molecule has 2 aliphatic heterocycles.